The van der Waals surface area contributed by atoms with Crippen molar-refractivity contribution >= 4 is 40.7 Å². The number of amides is 2. The van der Waals surface area contributed by atoms with E-state index in [1.54, 1.807) is 23.1 Å². The number of hydrogen-bond acceptors (Lipinski definition) is 7. The number of carbonyl (C=O) groups is 3. The molecule has 0 aromatic heterocycles. The van der Waals surface area contributed by atoms with Crippen LogP contribution in [0.3, 0.4) is 0 Å². The van der Waals surface area contributed by atoms with Crippen molar-refractivity contribution in [3.63, 3.8) is 0 Å². The Morgan fingerprint density at radius 2 is 1.77 bits per heavy atom. The molecule has 0 unspecified atom stereocenters. The highest BCUT2D eigenvalue weighted by molar-refractivity contribution is 14.1. The van der Waals surface area contributed by atoms with Crippen LogP contribution in [0.15, 0.2) is 23.8 Å². The summed E-state index contributed by atoms with van der Waals surface area (Å²) in [6.45, 7) is 6.75. The normalized spacial score (nSPS) is 18.1. The molecule has 1 aromatic carbocycles. The van der Waals surface area contributed by atoms with Crippen molar-refractivity contribution in [2.75, 3.05) is 26.8 Å². The van der Waals surface area contributed by atoms with Crippen molar-refractivity contribution < 1.29 is 34.1 Å². The van der Waals surface area contributed by atoms with Crippen molar-refractivity contribution in [2.45, 2.75) is 116 Å². The highest BCUT2D eigenvalue weighted by atomic mass is 127. The maximum atomic E-state index is 13.7. The summed E-state index contributed by atoms with van der Waals surface area (Å²) in [6, 6.07) is 2.53. The van der Waals surface area contributed by atoms with Gasteiger partial charge in [-0.25, -0.2) is 0 Å². The molecule has 3 atom stereocenters. The largest absolute Gasteiger partial charge is 0.493 e. The zero-order valence-electron chi connectivity index (χ0n) is 27.0. The molecule has 1 aliphatic carbocycles. The van der Waals surface area contributed by atoms with Gasteiger partial charge < -0.3 is 29.9 Å². The maximum Gasteiger partial charge on any atom is 0.247 e. The van der Waals surface area contributed by atoms with Crippen molar-refractivity contribution in [3.05, 3.63) is 32.9 Å². The minimum Gasteiger partial charge on any atom is -0.493 e. The molecule has 0 heterocycles. The number of aliphatic hydroxyl groups excluding tert-OH is 2. The Bertz CT molecular complexity index is 1080. The second-order valence-electron chi connectivity index (χ2n) is 12.0. The van der Waals surface area contributed by atoms with Gasteiger partial charge in [-0.1, -0.05) is 72.1 Å². The number of nitrogens with one attached hydrogen (secondary N) is 1. The third kappa shape index (κ3) is 12.3. The first-order valence-corrected chi connectivity index (χ1v) is 17.3. The Morgan fingerprint density at radius 1 is 1.11 bits per heavy atom. The first-order valence-electron chi connectivity index (χ1n) is 16.2. The van der Waals surface area contributed by atoms with Crippen LogP contribution in [-0.2, 0) is 9.59 Å². The topological polar surface area (TPSA) is 125 Å². The lowest BCUT2D eigenvalue weighted by molar-refractivity contribution is -0.139. The van der Waals surface area contributed by atoms with E-state index in [9.17, 15) is 24.6 Å². The highest BCUT2D eigenvalue weighted by Crippen LogP contribution is 2.37. The number of nitrogens with zero attached hydrogens (tertiary/aromatic N) is 1. The van der Waals surface area contributed by atoms with Crippen LogP contribution >= 0.6 is 22.6 Å². The molecule has 9 nitrogen and oxygen atoms in total. The highest BCUT2D eigenvalue weighted by Gasteiger charge is 2.40. The summed E-state index contributed by atoms with van der Waals surface area (Å²) in [5.74, 6) is 0.597. The van der Waals surface area contributed by atoms with Crippen molar-refractivity contribution in [2.24, 2.45) is 5.92 Å². The molecular weight excluding hydrogens is 675 g/mol. The lowest BCUT2D eigenvalue weighted by atomic mass is 9.87. The van der Waals surface area contributed by atoms with E-state index < -0.39 is 18.2 Å². The van der Waals surface area contributed by atoms with E-state index >= 15 is 0 Å². The predicted molar refractivity (Wildman–Crippen MR) is 181 cm³/mol. The van der Waals surface area contributed by atoms with E-state index in [1.807, 2.05) is 22.6 Å². The average Bonchev–Trinajstić information content (AvgIpc) is 3.00. The summed E-state index contributed by atoms with van der Waals surface area (Å²) in [4.78, 5) is 40.0. The number of aliphatic hydroxyl groups is 2. The maximum absolute atomic E-state index is 13.7. The van der Waals surface area contributed by atoms with Gasteiger partial charge in [-0.3, -0.25) is 14.4 Å². The van der Waals surface area contributed by atoms with E-state index in [2.05, 4.69) is 26.1 Å². The number of carbonyl (C=O) groups excluding carboxylic acids is 3. The van der Waals surface area contributed by atoms with Crippen LogP contribution in [0.2, 0.25) is 0 Å². The smallest absolute Gasteiger partial charge is 0.247 e. The third-order valence-corrected chi connectivity index (χ3v) is 8.82. The van der Waals surface area contributed by atoms with Crippen LogP contribution in [0.5, 0.6) is 11.5 Å². The Hall–Kier alpha value is -2.18. The summed E-state index contributed by atoms with van der Waals surface area (Å²) in [5.41, 5.74) is 0.796. The van der Waals surface area contributed by atoms with Gasteiger partial charge in [0.25, 0.3) is 0 Å². The molecule has 248 valence electrons. The number of rotatable bonds is 21. The van der Waals surface area contributed by atoms with Crippen molar-refractivity contribution in [1.29, 1.82) is 0 Å². The molecule has 0 spiro atoms. The van der Waals surface area contributed by atoms with E-state index in [0.29, 0.717) is 45.1 Å². The van der Waals surface area contributed by atoms with E-state index in [0.717, 1.165) is 32.0 Å². The summed E-state index contributed by atoms with van der Waals surface area (Å²) >= 11 is 2.04. The van der Waals surface area contributed by atoms with Crippen LogP contribution in [-0.4, -0.2) is 78.3 Å². The first kappa shape index (κ1) is 38.0. The number of halogens is 1. The fourth-order valence-corrected chi connectivity index (χ4v) is 6.19. The molecule has 3 N–H and O–H groups in total. The number of methoxy groups -OCH3 is 1. The van der Waals surface area contributed by atoms with Crippen molar-refractivity contribution in [1.82, 2.24) is 10.2 Å². The number of aldehydes is 1. The van der Waals surface area contributed by atoms with Crippen molar-refractivity contribution in [3.8, 4) is 11.5 Å². The number of unbranched alkanes of at least 4 members (excludes halogenated alkanes) is 8. The summed E-state index contributed by atoms with van der Waals surface area (Å²) in [5, 5.41) is 23.7. The molecule has 0 fully saturated rings. The lowest BCUT2D eigenvalue weighted by Gasteiger charge is -2.41. The molecule has 2 amide bonds. The second kappa shape index (κ2) is 20.8. The zero-order valence-corrected chi connectivity index (χ0v) is 29.1. The van der Waals surface area contributed by atoms with E-state index in [-0.39, 0.29) is 31.4 Å². The van der Waals surface area contributed by atoms with E-state index in [4.69, 9.17) is 9.47 Å². The number of hydrogen-bond donors (Lipinski definition) is 3. The Morgan fingerprint density at radius 3 is 2.36 bits per heavy atom. The van der Waals surface area contributed by atoms with E-state index in [1.165, 1.54) is 45.6 Å². The Balaban J connectivity index is 2.27. The van der Waals surface area contributed by atoms with Gasteiger partial charge in [0, 0.05) is 37.1 Å². The van der Waals surface area contributed by atoms with Crippen LogP contribution in [0.4, 0.5) is 0 Å². The van der Waals surface area contributed by atoms with Gasteiger partial charge in [-0.05, 0) is 59.6 Å². The fraction of sp³-hybridized carbons (Fsp3) is 0.676. The SMILES string of the molecule is CCCCCCCCCCCC(=O)N(CCC(C)C)[C@@H]1CC(C(=O)NCCO)=C[C@H](Oc2c(I)cc(C=O)cc2OC)[C@H]1O. The average molecular weight is 729 g/mol. The van der Waals surface area contributed by atoms with Crippen LogP contribution in [0.1, 0.15) is 108 Å². The minimum absolute atomic E-state index is 0.0316. The summed E-state index contributed by atoms with van der Waals surface area (Å²) < 4.78 is 12.4. The quantitative estimate of drug-likeness (QED) is 0.0828. The van der Waals surface area contributed by atoms with Crippen LogP contribution in [0.25, 0.3) is 0 Å². The molecule has 0 aliphatic heterocycles. The molecule has 0 saturated carbocycles. The molecular formula is C34H53IN2O7. The van der Waals surface area contributed by atoms with Gasteiger partial charge in [0.2, 0.25) is 11.8 Å². The molecule has 0 bridgehead atoms. The van der Waals surface area contributed by atoms with Crippen LogP contribution < -0.4 is 14.8 Å². The van der Waals surface area contributed by atoms with Gasteiger partial charge in [0.1, 0.15) is 18.5 Å². The number of ether oxygens (including phenoxy) is 2. The Kier molecular flexibility index (Phi) is 17.9. The summed E-state index contributed by atoms with van der Waals surface area (Å²) in [7, 11) is 1.47. The molecule has 0 saturated heterocycles. The first-order chi connectivity index (χ1) is 21.2. The molecule has 2 rings (SSSR count). The monoisotopic (exact) mass is 728 g/mol. The predicted octanol–water partition coefficient (Wildman–Crippen LogP) is 5.82. The zero-order chi connectivity index (χ0) is 32.5. The molecule has 0 radical (unpaired) electrons. The number of benzene rings is 1. The van der Waals surface area contributed by atoms with Gasteiger partial charge in [-0.2, -0.15) is 0 Å². The minimum atomic E-state index is -1.12. The molecule has 1 aromatic rings. The van der Waals surface area contributed by atoms with Gasteiger partial charge >= 0.3 is 0 Å². The molecule has 1 aliphatic rings. The van der Waals surface area contributed by atoms with Crippen LogP contribution in [0, 0.1) is 9.49 Å². The fourth-order valence-electron chi connectivity index (χ4n) is 5.44. The van der Waals surface area contributed by atoms with Gasteiger partial charge in [0.15, 0.2) is 11.5 Å². The molecule has 10 heteroatoms. The third-order valence-electron chi connectivity index (χ3n) is 8.02. The lowest BCUT2D eigenvalue weighted by Crippen LogP contribution is -2.55. The molecule has 44 heavy (non-hydrogen) atoms. The standard InChI is InChI=1S/C34H53IN2O7/c1-5-6-7-8-9-10-11-12-13-14-31(40)37(17-15-24(2)3)28-21-26(34(42)36-16-18-38)22-29(32(28)41)44-33-27(35)19-25(23-39)20-30(33)43-4/h19-20,22-24,28-29,32,38,41H,5-18,21H2,1-4H3,(H,36,42)/t28-,29+,32+/m1/s1. The Labute approximate surface area is 277 Å². The van der Waals surface area contributed by atoms with Gasteiger partial charge in [-0.15, -0.1) is 0 Å². The van der Waals surface area contributed by atoms with Gasteiger partial charge in [0.05, 0.1) is 23.3 Å². The summed E-state index contributed by atoms with van der Waals surface area (Å²) in [6.07, 6.45) is 11.9. The second-order valence-corrected chi connectivity index (χ2v) is 13.2.